The Kier molecular flexibility index (Phi) is 5.44. The van der Waals surface area contributed by atoms with Gasteiger partial charge in [-0.15, -0.1) is 0 Å². The number of hydrogen-bond donors (Lipinski definition) is 1. The molecule has 2 rings (SSSR count). The summed E-state index contributed by atoms with van der Waals surface area (Å²) < 4.78 is 0. The average Bonchev–Trinajstić information content (AvgIpc) is 2.46. The van der Waals surface area contributed by atoms with Crippen molar-refractivity contribution in [2.24, 2.45) is 11.7 Å². The van der Waals surface area contributed by atoms with Gasteiger partial charge in [0.05, 0.1) is 0 Å². The lowest BCUT2D eigenvalue weighted by molar-refractivity contribution is -0.133. The van der Waals surface area contributed by atoms with Crippen LogP contribution in [0.2, 0.25) is 5.02 Å². The van der Waals surface area contributed by atoms with Crippen LogP contribution in [0.15, 0.2) is 24.3 Å². The van der Waals surface area contributed by atoms with Crippen molar-refractivity contribution in [1.29, 1.82) is 0 Å². The molecule has 1 aliphatic rings. The topological polar surface area (TPSA) is 46.3 Å². The normalized spacial score (nSPS) is 20.8. The molecule has 0 aliphatic carbocycles. The number of benzene rings is 1. The van der Waals surface area contributed by atoms with Gasteiger partial charge < -0.3 is 10.6 Å². The number of rotatable bonds is 4. The molecule has 0 saturated carbocycles. The molecule has 1 saturated heterocycles. The Labute approximate surface area is 126 Å². The van der Waals surface area contributed by atoms with Gasteiger partial charge in [-0.3, -0.25) is 4.79 Å². The summed E-state index contributed by atoms with van der Waals surface area (Å²) in [5.41, 5.74) is 7.00. The minimum absolute atomic E-state index is 0.161. The first-order valence-corrected chi connectivity index (χ1v) is 7.72. The molecule has 110 valence electrons. The first-order valence-electron chi connectivity index (χ1n) is 7.34. The number of piperidine rings is 1. The number of carbonyl (C=O) groups is 1. The van der Waals surface area contributed by atoms with E-state index in [9.17, 15) is 4.79 Å². The molecule has 0 spiro atoms. The molecule has 1 amide bonds. The fourth-order valence-corrected chi connectivity index (χ4v) is 3.00. The summed E-state index contributed by atoms with van der Waals surface area (Å²) in [6, 6.07) is 7.88. The summed E-state index contributed by atoms with van der Waals surface area (Å²) in [5.74, 6) is 0.656. The minimum Gasteiger partial charge on any atom is -0.342 e. The molecule has 2 N–H and O–H groups in total. The van der Waals surface area contributed by atoms with Crippen molar-refractivity contribution in [3.8, 4) is 0 Å². The van der Waals surface area contributed by atoms with Crippen LogP contribution in [0.4, 0.5) is 0 Å². The molecule has 0 unspecified atom stereocenters. The predicted molar refractivity (Wildman–Crippen MR) is 82.7 cm³/mol. The highest BCUT2D eigenvalue weighted by atomic mass is 35.5. The molecule has 1 aliphatic heterocycles. The fourth-order valence-electron chi connectivity index (χ4n) is 2.77. The molecular weight excluding hydrogens is 272 g/mol. The van der Waals surface area contributed by atoms with E-state index in [1.54, 1.807) is 0 Å². The zero-order chi connectivity index (χ0) is 14.5. The van der Waals surface area contributed by atoms with Gasteiger partial charge in [0.25, 0.3) is 0 Å². The monoisotopic (exact) mass is 294 g/mol. The van der Waals surface area contributed by atoms with Gasteiger partial charge in [0.1, 0.15) is 0 Å². The number of nitrogens with two attached hydrogens (primary N) is 1. The molecule has 2 atom stereocenters. The summed E-state index contributed by atoms with van der Waals surface area (Å²) >= 11 is 6.12. The van der Waals surface area contributed by atoms with E-state index in [0.29, 0.717) is 18.8 Å². The van der Waals surface area contributed by atoms with E-state index >= 15 is 0 Å². The molecule has 1 fully saturated rings. The Balaban J connectivity index is 1.87. The smallest absolute Gasteiger partial charge is 0.222 e. The number of carbonyl (C=O) groups excluding carboxylic acids is 1. The van der Waals surface area contributed by atoms with Gasteiger partial charge in [0.15, 0.2) is 0 Å². The first kappa shape index (κ1) is 15.3. The highest BCUT2D eigenvalue weighted by Gasteiger charge is 2.25. The summed E-state index contributed by atoms with van der Waals surface area (Å²) in [4.78, 5) is 14.3. The summed E-state index contributed by atoms with van der Waals surface area (Å²) in [6.07, 6.45) is 3.42. The van der Waals surface area contributed by atoms with Crippen molar-refractivity contribution in [2.75, 3.05) is 13.1 Å². The van der Waals surface area contributed by atoms with E-state index in [1.165, 1.54) is 0 Å². The van der Waals surface area contributed by atoms with Crippen LogP contribution in [0.5, 0.6) is 0 Å². The van der Waals surface area contributed by atoms with Gasteiger partial charge in [-0.1, -0.05) is 29.8 Å². The van der Waals surface area contributed by atoms with Gasteiger partial charge in [0.2, 0.25) is 5.91 Å². The lowest BCUT2D eigenvalue weighted by Crippen LogP contribution is -2.45. The number of aryl methyl sites for hydroxylation is 1. The second-order valence-electron chi connectivity index (χ2n) is 5.69. The van der Waals surface area contributed by atoms with Crippen LogP contribution in [-0.2, 0) is 11.2 Å². The highest BCUT2D eigenvalue weighted by Crippen LogP contribution is 2.21. The van der Waals surface area contributed by atoms with Gasteiger partial charge in [0, 0.05) is 30.6 Å². The molecule has 1 aromatic rings. The SMILES string of the molecule is C[C@H](N)[C@@H]1CCCN(C(=O)CCc2ccccc2Cl)C1. The Morgan fingerprint density at radius 3 is 2.95 bits per heavy atom. The third kappa shape index (κ3) is 3.97. The standard InChI is InChI=1S/C16H23ClN2O/c1-12(18)14-6-4-10-19(11-14)16(20)9-8-13-5-2-3-7-15(13)17/h2-3,5,7,12,14H,4,6,8-11,18H2,1H3/t12-,14+/m0/s1. The van der Waals surface area contributed by atoms with E-state index in [0.717, 1.165) is 36.5 Å². The van der Waals surface area contributed by atoms with Crippen LogP contribution >= 0.6 is 11.6 Å². The molecule has 0 radical (unpaired) electrons. The number of nitrogens with zero attached hydrogens (tertiary/aromatic N) is 1. The van der Waals surface area contributed by atoms with Crippen molar-refractivity contribution >= 4 is 17.5 Å². The second-order valence-corrected chi connectivity index (χ2v) is 6.10. The average molecular weight is 295 g/mol. The van der Waals surface area contributed by atoms with E-state index in [1.807, 2.05) is 36.1 Å². The van der Waals surface area contributed by atoms with Crippen molar-refractivity contribution in [3.05, 3.63) is 34.9 Å². The van der Waals surface area contributed by atoms with Crippen LogP contribution in [0.25, 0.3) is 0 Å². The van der Waals surface area contributed by atoms with E-state index < -0.39 is 0 Å². The summed E-state index contributed by atoms with van der Waals surface area (Å²) in [7, 11) is 0. The molecule has 4 heteroatoms. The van der Waals surface area contributed by atoms with Gasteiger partial charge in [-0.05, 0) is 43.7 Å². The fraction of sp³-hybridized carbons (Fsp3) is 0.562. The molecule has 1 aromatic carbocycles. The summed E-state index contributed by atoms with van der Waals surface area (Å²) in [6.45, 7) is 3.70. The Morgan fingerprint density at radius 1 is 1.50 bits per heavy atom. The lowest BCUT2D eigenvalue weighted by Gasteiger charge is -2.34. The lowest BCUT2D eigenvalue weighted by atomic mass is 9.92. The maximum absolute atomic E-state index is 12.3. The van der Waals surface area contributed by atoms with Crippen LogP contribution in [-0.4, -0.2) is 29.9 Å². The molecule has 0 aromatic heterocycles. The van der Waals surface area contributed by atoms with Gasteiger partial charge >= 0.3 is 0 Å². The highest BCUT2D eigenvalue weighted by molar-refractivity contribution is 6.31. The van der Waals surface area contributed by atoms with Crippen LogP contribution in [0.1, 0.15) is 31.7 Å². The van der Waals surface area contributed by atoms with E-state index in [2.05, 4.69) is 0 Å². The van der Waals surface area contributed by atoms with Crippen molar-refractivity contribution in [2.45, 2.75) is 38.6 Å². The van der Waals surface area contributed by atoms with Gasteiger partial charge in [-0.25, -0.2) is 0 Å². The van der Waals surface area contributed by atoms with Crippen LogP contribution in [0.3, 0.4) is 0 Å². The molecule has 1 heterocycles. The first-order chi connectivity index (χ1) is 9.58. The second kappa shape index (κ2) is 7.09. The molecule has 20 heavy (non-hydrogen) atoms. The number of amides is 1. The Hall–Kier alpha value is -1.06. The Bertz CT molecular complexity index is 462. The number of hydrogen-bond acceptors (Lipinski definition) is 2. The predicted octanol–water partition coefficient (Wildman–Crippen LogP) is 2.86. The zero-order valence-electron chi connectivity index (χ0n) is 12.0. The summed E-state index contributed by atoms with van der Waals surface area (Å²) in [5, 5.41) is 0.743. The maximum atomic E-state index is 12.3. The quantitative estimate of drug-likeness (QED) is 0.928. The van der Waals surface area contributed by atoms with E-state index in [-0.39, 0.29) is 11.9 Å². The van der Waals surface area contributed by atoms with E-state index in [4.69, 9.17) is 17.3 Å². The number of likely N-dealkylation sites (tertiary alicyclic amines) is 1. The van der Waals surface area contributed by atoms with Crippen molar-refractivity contribution in [3.63, 3.8) is 0 Å². The largest absolute Gasteiger partial charge is 0.342 e. The van der Waals surface area contributed by atoms with Crippen LogP contribution in [0, 0.1) is 5.92 Å². The molecule has 3 nitrogen and oxygen atoms in total. The van der Waals surface area contributed by atoms with Crippen molar-refractivity contribution in [1.82, 2.24) is 4.90 Å². The maximum Gasteiger partial charge on any atom is 0.222 e. The van der Waals surface area contributed by atoms with Crippen molar-refractivity contribution < 1.29 is 4.79 Å². The molecular formula is C16H23ClN2O. The zero-order valence-corrected chi connectivity index (χ0v) is 12.8. The third-order valence-electron chi connectivity index (χ3n) is 4.12. The van der Waals surface area contributed by atoms with Gasteiger partial charge in [-0.2, -0.15) is 0 Å². The van der Waals surface area contributed by atoms with Crippen LogP contribution < -0.4 is 5.73 Å². The Morgan fingerprint density at radius 2 is 2.25 bits per heavy atom. The molecule has 0 bridgehead atoms. The number of halogens is 1. The third-order valence-corrected chi connectivity index (χ3v) is 4.49. The minimum atomic E-state index is 0.161.